The molecule has 1 aliphatic heterocycles. The Balaban J connectivity index is 1.84. The van der Waals surface area contributed by atoms with Crippen molar-refractivity contribution in [2.75, 3.05) is 37.7 Å². The Kier molecular flexibility index (Phi) is 6.02. The maximum absolute atomic E-state index is 5.97. The molecule has 5 heteroatoms. The lowest BCUT2D eigenvalue weighted by molar-refractivity contribution is -0.0191. The fourth-order valence-corrected chi connectivity index (χ4v) is 3.53. The SMILES string of the molecule is CC(C)CN1CCOC(CSc2ccc(Cl)cc2N)C1. The number of morpholine rings is 1. The third kappa shape index (κ3) is 4.85. The molecule has 1 unspecified atom stereocenters. The minimum absolute atomic E-state index is 0.280. The Hall–Kier alpha value is -0.420. The van der Waals surface area contributed by atoms with Gasteiger partial charge in [-0.15, -0.1) is 11.8 Å². The Morgan fingerprint density at radius 3 is 3.00 bits per heavy atom. The molecular weight excluding hydrogens is 292 g/mol. The predicted molar refractivity (Wildman–Crippen MR) is 87.6 cm³/mol. The van der Waals surface area contributed by atoms with E-state index >= 15 is 0 Å². The number of thioether (sulfide) groups is 1. The van der Waals surface area contributed by atoms with Gasteiger partial charge in [0, 0.05) is 41.0 Å². The largest absolute Gasteiger partial charge is 0.398 e. The molecule has 1 aromatic carbocycles. The van der Waals surface area contributed by atoms with Crippen molar-refractivity contribution in [1.82, 2.24) is 4.90 Å². The lowest BCUT2D eigenvalue weighted by atomic mass is 10.2. The highest BCUT2D eigenvalue weighted by Gasteiger charge is 2.21. The first-order valence-corrected chi connectivity index (χ1v) is 8.42. The number of ether oxygens (including phenoxy) is 1. The molecule has 0 bridgehead atoms. The summed E-state index contributed by atoms with van der Waals surface area (Å²) in [5.74, 6) is 1.63. The van der Waals surface area contributed by atoms with E-state index in [0.717, 1.165) is 42.6 Å². The molecule has 1 aromatic rings. The lowest BCUT2D eigenvalue weighted by Gasteiger charge is -2.33. The van der Waals surface area contributed by atoms with E-state index in [9.17, 15) is 0 Å². The first kappa shape index (κ1) is 16.0. The van der Waals surface area contributed by atoms with Crippen LogP contribution in [0.15, 0.2) is 23.1 Å². The van der Waals surface area contributed by atoms with Gasteiger partial charge >= 0.3 is 0 Å². The Labute approximate surface area is 130 Å². The van der Waals surface area contributed by atoms with Gasteiger partial charge in [-0.25, -0.2) is 0 Å². The first-order valence-electron chi connectivity index (χ1n) is 7.06. The fourth-order valence-electron chi connectivity index (χ4n) is 2.40. The van der Waals surface area contributed by atoms with Crippen LogP contribution in [0, 0.1) is 5.92 Å². The molecule has 3 nitrogen and oxygen atoms in total. The summed E-state index contributed by atoms with van der Waals surface area (Å²) in [5, 5.41) is 0.684. The standard InChI is InChI=1S/C15H23ClN2OS/c1-11(2)8-18-5-6-19-13(9-18)10-20-15-4-3-12(16)7-14(15)17/h3-4,7,11,13H,5-6,8-10,17H2,1-2H3. The van der Waals surface area contributed by atoms with Crippen molar-refractivity contribution in [1.29, 1.82) is 0 Å². The summed E-state index contributed by atoms with van der Waals surface area (Å²) in [7, 11) is 0. The Morgan fingerprint density at radius 2 is 2.30 bits per heavy atom. The number of nitrogen functional groups attached to an aromatic ring is 1. The van der Waals surface area contributed by atoms with Crippen molar-refractivity contribution in [3.63, 3.8) is 0 Å². The Morgan fingerprint density at radius 1 is 1.50 bits per heavy atom. The van der Waals surface area contributed by atoms with Crippen molar-refractivity contribution in [2.45, 2.75) is 24.8 Å². The molecule has 0 aromatic heterocycles. The zero-order valence-corrected chi connectivity index (χ0v) is 13.7. The topological polar surface area (TPSA) is 38.5 Å². The van der Waals surface area contributed by atoms with Crippen molar-refractivity contribution >= 4 is 29.1 Å². The van der Waals surface area contributed by atoms with Crippen LogP contribution in [0.25, 0.3) is 0 Å². The second-order valence-corrected chi connectivity index (χ2v) is 7.14. The van der Waals surface area contributed by atoms with Gasteiger partial charge in [0.25, 0.3) is 0 Å². The molecular formula is C15H23ClN2OS. The van der Waals surface area contributed by atoms with Crippen LogP contribution in [0.1, 0.15) is 13.8 Å². The number of benzene rings is 1. The number of rotatable bonds is 5. The van der Waals surface area contributed by atoms with Gasteiger partial charge in [0.1, 0.15) is 0 Å². The van der Waals surface area contributed by atoms with Crippen LogP contribution >= 0.6 is 23.4 Å². The van der Waals surface area contributed by atoms with Crippen molar-refractivity contribution < 1.29 is 4.74 Å². The summed E-state index contributed by atoms with van der Waals surface area (Å²) < 4.78 is 5.85. The second-order valence-electron chi connectivity index (χ2n) is 5.64. The molecule has 0 spiro atoms. The number of hydrogen-bond donors (Lipinski definition) is 1. The minimum atomic E-state index is 0.280. The molecule has 1 fully saturated rings. The average Bonchev–Trinajstić information content (AvgIpc) is 2.37. The highest BCUT2D eigenvalue weighted by atomic mass is 35.5. The third-order valence-electron chi connectivity index (χ3n) is 3.24. The monoisotopic (exact) mass is 314 g/mol. The van der Waals surface area contributed by atoms with Crippen LogP contribution in [0.5, 0.6) is 0 Å². The zero-order chi connectivity index (χ0) is 14.5. The highest BCUT2D eigenvalue weighted by Crippen LogP contribution is 2.29. The zero-order valence-electron chi connectivity index (χ0n) is 12.1. The maximum Gasteiger partial charge on any atom is 0.0796 e. The molecule has 1 heterocycles. The van der Waals surface area contributed by atoms with E-state index in [1.165, 1.54) is 0 Å². The quantitative estimate of drug-likeness (QED) is 0.668. The molecule has 0 amide bonds. The number of hydrogen-bond acceptors (Lipinski definition) is 4. The molecule has 20 heavy (non-hydrogen) atoms. The van der Waals surface area contributed by atoms with Crippen LogP contribution in [0.3, 0.4) is 0 Å². The molecule has 0 radical (unpaired) electrons. The molecule has 2 N–H and O–H groups in total. The van der Waals surface area contributed by atoms with E-state index in [2.05, 4.69) is 18.7 Å². The van der Waals surface area contributed by atoms with Gasteiger partial charge in [0.2, 0.25) is 0 Å². The van der Waals surface area contributed by atoms with Gasteiger partial charge in [-0.1, -0.05) is 25.4 Å². The van der Waals surface area contributed by atoms with Crippen molar-refractivity contribution in [2.24, 2.45) is 5.92 Å². The number of nitrogens with two attached hydrogens (primary N) is 1. The summed E-state index contributed by atoms with van der Waals surface area (Å²) in [6, 6.07) is 5.67. The van der Waals surface area contributed by atoms with Crippen LogP contribution in [0.2, 0.25) is 5.02 Å². The first-order chi connectivity index (χ1) is 9.54. The van der Waals surface area contributed by atoms with Crippen LogP contribution in [-0.4, -0.2) is 43.0 Å². The molecule has 1 atom stereocenters. The van der Waals surface area contributed by atoms with Crippen molar-refractivity contribution in [3.05, 3.63) is 23.2 Å². The summed E-state index contributed by atoms with van der Waals surface area (Å²) in [5.41, 5.74) is 6.72. The van der Waals surface area contributed by atoms with Crippen LogP contribution in [0.4, 0.5) is 5.69 Å². The normalized spacial score (nSPS) is 20.5. The van der Waals surface area contributed by atoms with E-state index in [0.29, 0.717) is 10.9 Å². The summed E-state index contributed by atoms with van der Waals surface area (Å²) in [6.07, 6.45) is 0.280. The third-order valence-corrected chi connectivity index (χ3v) is 4.70. The van der Waals surface area contributed by atoms with Gasteiger partial charge in [0.15, 0.2) is 0 Å². The lowest BCUT2D eigenvalue weighted by Crippen LogP contribution is -2.44. The molecule has 112 valence electrons. The average molecular weight is 315 g/mol. The predicted octanol–water partition coefficient (Wildman–Crippen LogP) is 3.37. The van der Waals surface area contributed by atoms with E-state index in [4.69, 9.17) is 22.1 Å². The van der Waals surface area contributed by atoms with Gasteiger partial charge in [-0.3, -0.25) is 4.90 Å². The van der Waals surface area contributed by atoms with Crippen LogP contribution in [-0.2, 0) is 4.74 Å². The van der Waals surface area contributed by atoms with E-state index in [1.807, 2.05) is 12.1 Å². The second kappa shape index (κ2) is 7.55. The molecule has 1 saturated heterocycles. The minimum Gasteiger partial charge on any atom is -0.398 e. The maximum atomic E-state index is 5.97. The summed E-state index contributed by atoms with van der Waals surface area (Å²) in [4.78, 5) is 3.57. The number of anilines is 1. The van der Waals surface area contributed by atoms with Gasteiger partial charge in [-0.05, 0) is 24.1 Å². The van der Waals surface area contributed by atoms with Gasteiger partial charge in [0.05, 0.1) is 12.7 Å². The van der Waals surface area contributed by atoms with Gasteiger partial charge in [-0.2, -0.15) is 0 Å². The number of halogens is 1. The molecule has 0 aliphatic carbocycles. The van der Waals surface area contributed by atoms with Crippen LogP contribution < -0.4 is 5.73 Å². The number of nitrogens with zero attached hydrogens (tertiary/aromatic N) is 1. The molecule has 2 rings (SSSR count). The Bertz CT molecular complexity index is 442. The van der Waals surface area contributed by atoms with E-state index in [-0.39, 0.29) is 6.10 Å². The van der Waals surface area contributed by atoms with Crippen molar-refractivity contribution in [3.8, 4) is 0 Å². The smallest absolute Gasteiger partial charge is 0.0796 e. The summed E-state index contributed by atoms with van der Waals surface area (Å²) in [6.45, 7) is 8.55. The molecule has 0 saturated carbocycles. The highest BCUT2D eigenvalue weighted by molar-refractivity contribution is 7.99. The molecule has 1 aliphatic rings. The van der Waals surface area contributed by atoms with E-state index in [1.54, 1.807) is 17.8 Å². The van der Waals surface area contributed by atoms with E-state index < -0.39 is 0 Å². The fraction of sp³-hybridized carbons (Fsp3) is 0.600. The van der Waals surface area contributed by atoms with Gasteiger partial charge < -0.3 is 10.5 Å². The summed E-state index contributed by atoms with van der Waals surface area (Å²) >= 11 is 7.66.